The Bertz CT molecular complexity index is 1930. The number of fused-ring (bicyclic) bond motifs is 1. The first kappa shape index (κ1) is 30.7. The summed E-state index contributed by atoms with van der Waals surface area (Å²) in [6, 6.07) is 27.2. The zero-order chi connectivity index (χ0) is 31.6. The highest BCUT2D eigenvalue weighted by molar-refractivity contribution is 7.91. The van der Waals surface area contributed by atoms with Crippen molar-refractivity contribution in [2.24, 2.45) is 0 Å². The van der Waals surface area contributed by atoms with E-state index in [1.165, 1.54) is 30.2 Å². The van der Waals surface area contributed by atoms with Crippen molar-refractivity contribution in [3.8, 4) is 11.4 Å². The fourth-order valence-corrected chi connectivity index (χ4v) is 6.13. The lowest BCUT2D eigenvalue weighted by molar-refractivity contribution is -0.125. The summed E-state index contributed by atoms with van der Waals surface area (Å²) in [6.45, 7) is 9.21. The Morgan fingerprint density at radius 3 is 2.07 bits per heavy atom. The number of hydrogen-bond donors (Lipinski definition) is 2. The van der Waals surface area contributed by atoms with E-state index in [0.29, 0.717) is 11.3 Å². The van der Waals surface area contributed by atoms with Crippen LogP contribution in [0.3, 0.4) is 0 Å². The monoisotopic (exact) mass is 608 g/mol. The predicted octanol–water partition coefficient (Wildman–Crippen LogP) is 6.54. The number of imidazole rings is 1. The van der Waals surface area contributed by atoms with Crippen molar-refractivity contribution < 1.29 is 18.0 Å². The molecular formula is C35H36N4O4S. The molecule has 2 atom stereocenters. The Labute approximate surface area is 258 Å². The van der Waals surface area contributed by atoms with E-state index in [2.05, 4.69) is 72.4 Å². The molecule has 5 aromatic rings. The third-order valence-electron chi connectivity index (χ3n) is 7.77. The van der Waals surface area contributed by atoms with Gasteiger partial charge in [0.1, 0.15) is 11.9 Å². The molecule has 5 rings (SSSR count). The fraction of sp³-hybridized carbons (Fsp3) is 0.229. The van der Waals surface area contributed by atoms with Crippen molar-refractivity contribution in [1.29, 1.82) is 0 Å². The van der Waals surface area contributed by atoms with E-state index < -0.39 is 21.8 Å². The standard InChI is InChI=1S/C35H36N4O4S/c1-6-44(42,43)30-18-14-27(15-19-30)33(36-25(5)40)35(41)37-29-16-12-28(13-17-29)34-38-31-20-9-23(3)21-32(31)39(34)24(4)26-10-7-22(2)8-11-26/h7-21,24,33H,6H2,1-5H3,(H,36,40)(H,37,41). The highest BCUT2D eigenvalue weighted by Crippen LogP contribution is 2.33. The number of rotatable bonds is 9. The molecule has 4 aromatic carbocycles. The average Bonchev–Trinajstić information content (AvgIpc) is 3.38. The summed E-state index contributed by atoms with van der Waals surface area (Å²) in [4.78, 5) is 30.5. The van der Waals surface area contributed by atoms with Gasteiger partial charge in [-0.1, -0.05) is 55.0 Å². The van der Waals surface area contributed by atoms with Crippen LogP contribution in [0.15, 0.2) is 95.9 Å². The van der Waals surface area contributed by atoms with Crippen LogP contribution in [0.4, 0.5) is 5.69 Å². The molecule has 44 heavy (non-hydrogen) atoms. The molecule has 0 saturated heterocycles. The topological polar surface area (TPSA) is 110 Å². The number of benzene rings is 4. The third kappa shape index (κ3) is 6.43. The number of hydrogen-bond acceptors (Lipinski definition) is 5. The molecule has 9 heteroatoms. The van der Waals surface area contributed by atoms with Crippen LogP contribution in [0, 0.1) is 13.8 Å². The van der Waals surface area contributed by atoms with Crippen molar-refractivity contribution in [1.82, 2.24) is 14.9 Å². The SMILES string of the molecule is CCS(=O)(=O)c1ccc(C(NC(C)=O)C(=O)Nc2ccc(-c3nc4ccc(C)cc4n3C(C)c3ccc(C)cc3)cc2)cc1. The Kier molecular flexibility index (Phi) is 8.69. The Morgan fingerprint density at radius 2 is 1.45 bits per heavy atom. The minimum absolute atomic E-state index is 0.0221. The molecule has 226 valence electrons. The second-order valence-corrected chi connectivity index (χ2v) is 13.3. The van der Waals surface area contributed by atoms with Gasteiger partial charge in [0, 0.05) is 18.2 Å². The van der Waals surface area contributed by atoms with Crippen LogP contribution in [-0.2, 0) is 19.4 Å². The molecule has 2 unspecified atom stereocenters. The second-order valence-electron chi connectivity index (χ2n) is 11.1. The van der Waals surface area contributed by atoms with Crippen molar-refractivity contribution in [2.75, 3.05) is 11.1 Å². The maximum Gasteiger partial charge on any atom is 0.251 e. The molecule has 0 aliphatic heterocycles. The van der Waals surface area contributed by atoms with Gasteiger partial charge in [-0.2, -0.15) is 0 Å². The molecule has 0 saturated carbocycles. The van der Waals surface area contributed by atoms with Crippen LogP contribution in [0.25, 0.3) is 22.4 Å². The van der Waals surface area contributed by atoms with Crippen LogP contribution < -0.4 is 10.6 Å². The van der Waals surface area contributed by atoms with E-state index in [-0.39, 0.29) is 22.6 Å². The average molecular weight is 609 g/mol. The molecule has 0 aliphatic rings. The van der Waals surface area contributed by atoms with Crippen molar-refractivity contribution in [2.45, 2.75) is 51.6 Å². The van der Waals surface area contributed by atoms with Crippen LogP contribution in [0.5, 0.6) is 0 Å². The van der Waals surface area contributed by atoms with Crippen LogP contribution in [0.1, 0.15) is 55.1 Å². The van der Waals surface area contributed by atoms with E-state index >= 15 is 0 Å². The maximum atomic E-state index is 13.4. The van der Waals surface area contributed by atoms with E-state index in [9.17, 15) is 18.0 Å². The van der Waals surface area contributed by atoms with E-state index in [1.54, 1.807) is 31.2 Å². The van der Waals surface area contributed by atoms with Gasteiger partial charge in [-0.25, -0.2) is 13.4 Å². The number of carbonyl (C=O) groups excluding carboxylic acids is 2. The van der Waals surface area contributed by atoms with E-state index in [0.717, 1.165) is 28.0 Å². The van der Waals surface area contributed by atoms with Gasteiger partial charge in [0.15, 0.2) is 9.84 Å². The molecule has 0 radical (unpaired) electrons. The van der Waals surface area contributed by atoms with Gasteiger partial charge in [-0.15, -0.1) is 0 Å². The summed E-state index contributed by atoms with van der Waals surface area (Å²) in [5, 5.41) is 5.55. The molecule has 0 fully saturated rings. The molecule has 2 amide bonds. The lowest BCUT2D eigenvalue weighted by Crippen LogP contribution is -2.35. The van der Waals surface area contributed by atoms with Gasteiger partial charge < -0.3 is 15.2 Å². The quantitative estimate of drug-likeness (QED) is 0.198. The van der Waals surface area contributed by atoms with Gasteiger partial charge in [0.25, 0.3) is 5.91 Å². The number of aromatic nitrogens is 2. The number of nitrogens with one attached hydrogen (secondary N) is 2. The Hall–Kier alpha value is -4.76. The van der Waals surface area contributed by atoms with Gasteiger partial charge in [0.2, 0.25) is 5.91 Å². The molecule has 8 nitrogen and oxygen atoms in total. The van der Waals surface area contributed by atoms with E-state index in [4.69, 9.17) is 4.98 Å². The Balaban J connectivity index is 1.44. The summed E-state index contributed by atoms with van der Waals surface area (Å²) in [5.41, 5.74) is 7.37. The summed E-state index contributed by atoms with van der Waals surface area (Å²) < 4.78 is 26.7. The van der Waals surface area contributed by atoms with Crippen LogP contribution in [0.2, 0.25) is 0 Å². The molecule has 2 N–H and O–H groups in total. The first-order chi connectivity index (χ1) is 21.0. The molecule has 1 aromatic heterocycles. The predicted molar refractivity (Wildman–Crippen MR) is 174 cm³/mol. The first-order valence-corrected chi connectivity index (χ1v) is 16.2. The number of aryl methyl sites for hydroxylation is 2. The molecule has 1 heterocycles. The molecule has 0 bridgehead atoms. The minimum Gasteiger partial charge on any atom is -0.341 e. The number of sulfone groups is 1. The van der Waals surface area contributed by atoms with Crippen molar-refractivity contribution in [3.05, 3.63) is 113 Å². The summed E-state index contributed by atoms with van der Waals surface area (Å²) in [7, 11) is -3.39. The Morgan fingerprint density at radius 1 is 0.841 bits per heavy atom. The summed E-state index contributed by atoms with van der Waals surface area (Å²) >= 11 is 0. The fourth-order valence-electron chi connectivity index (χ4n) is 5.25. The van der Waals surface area contributed by atoms with Gasteiger partial charge in [-0.3, -0.25) is 9.59 Å². The number of carbonyl (C=O) groups is 2. The lowest BCUT2D eigenvalue weighted by atomic mass is 10.0. The minimum atomic E-state index is -3.39. The summed E-state index contributed by atoms with van der Waals surface area (Å²) in [6.07, 6.45) is 0. The zero-order valence-electron chi connectivity index (χ0n) is 25.5. The van der Waals surface area contributed by atoms with Gasteiger partial charge >= 0.3 is 0 Å². The number of anilines is 1. The number of amides is 2. The molecular weight excluding hydrogens is 572 g/mol. The normalized spacial score (nSPS) is 12.9. The van der Waals surface area contributed by atoms with Crippen LogP contribution in [-0.4, -0.2) is 35.5 Å². The largest absolute Gasteiger partial charge is 0.341 e. The first-order valence-electron chi connectivity index (χ1n) is 14.5. The van der Waals surface area contributed by atoms with Crippen LogP contribution >= 0.6 is 0 Å². The maximum absolute atomic E-state index is 13.4. The molecule has 0 spiro atoms. The van der Waals surface area contributed by atoms with Crippen molar-refractivity contribution >= 4 is 38.4 Å². The highest BCUT2D eigenvalue weighted by atomic mass is 32.2. The third-order valence-corrected chi connectivity index (χ3v) is 9.52. The number of nitrogens with zero attached hydrogens (tertiary/aromatic N) is 2. The smallest absolute Gasteiger partial charge is 0.251 e. The summed E-state index contributed by atoms with van der Waals surface area (Å²) in [5.74, 6) is -0.0502. The lowest BCUT2D eigenvalue weighted by Gasteiger charge is -2.20. The zero-order valence-corrected chi connectivity index (χ0v) is 26.3. The molecule has 0 aliphatic carbocycles. The van der Waals surface area contributed by atoms with Gasteiger partial charge in [-0.05, 0) is 86.0 Å². The highest BCUT2D eigenvalue weighted by Gasteiger charge is 2.24. The second kappa shape index (κ2) is 12.5. The van der Waals surface area contributed by atoms with E-state index in [1.807, 2.05) is 18.2 Å². The van der Waals surface area contributed by atoms with Crippen molar-refractivity contribution in [3.63, 3.8) is 0 Å². The van der Waals surface area contributed by atoms with Gasteiger partial charge in [0.05, 0.1) is 27.7 Å².